The Bertz CT molecular complexity index is 866. The molecule has 0 aromatic carbocycles. The first-order chi connectivity index (χ1) is 13.6. The van der Waals surface area contributed by atoms with Crippen LogP contribution in [0.2, 0.25) is 0 Å². The van der Waals surface area contributed by atoms with Crippen molar-refractivity contribution in [3.63, 3.8) is 0 Å². The summed E-state index contributed by atoms with van der Waals surface area (Å²) in [6, 6.07) is 4.95. The lowest BCUT2D eigenvalue weighted by molar-refractivity contribution is 0.0701. The zero-order chi connectivity index (χ0) is 20.1. The number of pyridine rings is 1. The van der Waals surface area contributed by atoms with Crippen LogP contribution in [0.5, 0.6) is 11.8 Å². The fourth-order valence-corrected chi connectivity index (χ4v) is 2.93. The molecule has 0 aliphatic carbocycles. The van der Waals surface area contributed by atoms with E-state index in [1.807, 2.05) is 0 Å². The highest BCUT2D eigenvalue weighted by molar-refractivity contribution is 5.96. The number of methoxy groups -OCH3 is 3. The summed E-state index contributed by atoms with van der Waals surface area (Å²) in [5.41, 5.74) is 1.47. The Morgan fingerprint density at radius 2 is 2.00 bits per heavy atom. The summed E-state index contributed by atoms with van der Waals surface area (Å²) < 4.78 is 17.0. The lowest BCUT2D eigenvalue weighted by atomic mass is 10.2. The third-order valence-corrected chi connectivity index (χ3v) is 4.38. The summed E-state index contributed by atoms with van der Waals surface area (Å²) in [6.07, 6.45) is 0. The third-order valence-electron chi connectivity index (χ3n) is 4.38. The largest absolute Gasteiger partial charge is 0.481 e. The number of amides is 2. The van der Waals surface area contributed by atoms with Gasteiger partial charge in [-0.05, 0) is 12.1 Å². The summed E-state index contributed by atoms with van der Waals surface area (Å²) >= 11 is 0. The molecule has 150 valence electrons. The molecule has 0 atom stereocenters. The van der Waals surface area contributed by atoms with E-state index in [9.17, 15) is 9.59 Å². The predicted molar refractivity (Wildman–Crippen MR) is 98.5 cm³/mol. The number of ether oxygens (including phenoxy) is 3. The van der Waals surface area contributed by atoms with Crippen molar-refractivity contribution in [2.75, 3.05) is 41.0 Å². The van der Waals surface area contributed by atoms with Crippen LogP contribution in [0.4, 0.5) is 0 Å². The quantitative estimate of drug-likeness (QED) is 0.680. The maximum absolute atomic E-state index is 12.9. The molecule has 3 heterocycles. The van der Waals surface area contributed by atoms with Crippen LogP contribution in [-0.2, 0) is 17.8 Å². The van der Waals surface area contributed by atoms with Gasteiger partial charge in [0.15, 0.2) is 5.69 Å². The number of rotatable bonds is 7. The van der Waals surface area contributed by atoms with Crippen LogP contribution in [0.1, 0.15) is 26.5 Å². The number of hydrogen-bond donors (Lipinski definition) is 1. The van der Waals surface area contributed by atoms with Gasteiger partial charge in [-0.2, -0.15) is 10.1 Å². The number of fused-ring (bicyclic) bond motifs is 1. The van der Waals surface area contributed by atoms with Gasteiger partial charge in [0.25, 0.3) is 11.8 Å². The van der Waals surface area contributed by atoms with E-state index in [0.29, 0.717) is 49.9 Å². The Balaban J connectivity index is 1.73. The zero-order valence-electron chi connectivity index (χ0n) is 16.1. The summed E-state index contributed by atoms with van der Waals surface area (Å²) in [5, 5.41) is 7.06. The molecular formula is C18H23N5O5. The summed E-state index contributed by atoms with van der Waals surface area (Å²) in [7, 11) is 4.52. The molecule has 10 heteroatoms. The van der Waals surface area contributed by atoms with Gasteiger partial charge in [-0.25, -0.2) is 0 Å². The normalized spacial score (nSPS) is 13.0. The van der Waals surface area contributed by atoms with Crippen LogP contribution in [-0.4, -0.2) is 72.5 Å². The summed E-state index contributed by atoms with van der Waals surface area (Å²) in [4.78, 5) is 30.9. The van der Waals surface area contributed by atoms with E-state index in [1.165, 1.54) is 14.2 Å². The molecule has 1 aliphatic rings. The molecule has 0 fully saturated rings. The van der Waals surface area contributed by atoms with Crippen molar-refractivity contribution in [2.45, 2.75) is 13.1 Å². The van der Waals surface area contributed by atoms with Crippen molar-refractivity contribution in [1.29, 1.82) is 0 Å². The molecule has 1 aliphatic heterocycles. The number of hydrogen-bond acceptors (Lipinski definition) is 7. The van der Waals surface area contributed by atoms with Gasteiger partial charge in [-0.1, -0.05) is 0 Å². The maximum Gasteiger partial charge on any atom is 0.271 e. The van der Waals surface area contributed by atoms with Crippen molar-refractivity contribution < 1.29 is 23.8 Å². The molecule has 0 saturated heterocycles. The molecule has 0 saturated carbocycles. The Hall–Kier alpha value is -3.14. The van der Waals surface area contributed by atoms with Gasteiger partial charge in [-0.3, -0.25) is 14.3 Å². The first-order valence-electron chi connectivity index (χ1n) is 8.79. The highest BCUT2D eigenvalue weighted by Gasteiger charge is 2.27. The van der Waals surface area contributed by atoms with Crippen LogP contribution in [0, 0.1) is 0 Å². The van der Waals surface area contributed by atoms with Gasteiger partial charge in [-0.15, -0.1) is 0 Å². The topological polar surface area (TPSA) is 108 Å². The summed E-state index contributed by atoms with van der Waals surface area (Å²) in [5.74, 6) is 0.110. The molecule has 0 spiro atoms. The van der Waals surface area contributed by atoms with Gasteiger partial charge in [0.2, 0.25) is 11.8 Å². The Labute approximate surface area is 162 Å². The van der Waals surface area contributed by atoms with Gasteiger partial charge in [0, 0.05) is 26.3 Å². The van der Waals surface area contributed by atoms with Crippen molar-refractivity contribution in [3.8, 4) is 11.8 Å². The fourth-order valence-electron chi connectivity index (χ4n) is 2.93. The van der Waals surface area contributed by atoms with Gasteiger partial charge >= 0.3 is 0 Å². The minimum absolute atomic E-state index is 0.203. The second kappa shape index (κ2) is 8.70. The Kier molecular flexibility index (Phi) is 6.09. The number of nitrogens with one attached hydrogen (secondary N) is 1. The molecule has 2 aromatic rings. The van der Waals surface area contributed by atoms with Crippen molar-refractivity contribution in [3.05, 3.63) is 35.2 Å². The van der Waals surface area contributed by atoms with Crippen LogP contribution in [0.15, 0.2) is 18.2 Å². The second-order valence-corrected chi connectivity index (χ2v) is 6.13. The minimum Gasteiger partial charge on any atom is -0.481 e. The third kappa shape index (κ3) is 4.06. The van der Waals surface area contributed by atoms with Crippen molar-refractivity contribution >= 4 is 11.8 Å². The average Bonchev–Trinajstić information content (AvgIpc) is 3.16. The first kappa shape index (κ1) is 19.6. The standard InChI is InChI=1S/C18H23N5O5/c1-26-9-6-19-16(24)14-10-12-11-22(7-8-23(12)21-14)18(25)13-4-5-15(27-2)20-17(13)28-3/h4-5,10H,6-9,11H2,1-3H3,(H,19,24). The zero-order valence-corrected chi connectivity index (χ0v) is 16.1. The summed E-state index contributed by atoms with van der Waals surface area (Å²) in [6.45, 7) is 2.14. The van der Waals surface area contributed by atoms with Crippen molar-refractivity contribution in [2.24, 2.45) is 0 Å². The predicted octanol–water partition coefficient (Wildman–Crippen LogP) is 0.328. The van der Waals surface area contributed by atoms with E-state index in [-0.39, 0.29) is 17.7 Å². The number of carbonyl (C=O) groups is 2. The average molecular weight is 389 g/mol. The molecule has 1 N–H and O–H groups in total. The van der Waals surface area contributed by atoms with Crippen LogP contribution in [0.25, 0.3) is 0 Å². The highest BCUT2D eigenvalue weighted by Crippen LogP contribution is 2.23. The van der Waals surface area contributed by atoms with Crippen LogP contribution >= 0.6 is 0 Å². The highest BCUT2D eigenvalue weighted by atomic mass is 16.5. The van der Waals surface area contributed by atoms with Gasteiger partial charge in [0.05, 0.1) is 39.6 Å². The Morgan fingerprint density at radius 3 is 2.71 bits per heavy atom. The lowest BCUT2D eigenvalue weighted by Crippen LogP contribution is -2.38. The lowest BCUT2D eigenvalue weighted by Gasteiger charge is -2.28. The molecule has 28 heavy (non-hydrogen) atoms. The van der Waals surface area contributed by atoms with E-state index < -0.39 is 0 Å². The van der Waals surface area contributed by atoms with E-state index in [2.05, 4.69) is 15.4 Å². The maximum atomic E-state index is 12.9. The number of carbonyl (C=O) groups excluding carboxylic acids is 2. The molecule has 3 rings (SSSR count). The van der Waals surface area contributed by atoms with Crippen molar-refractivity contribution in [1.82, 2.24) is 25.0 Å². The van der Waals surface area contributed by atoms with E-state index in [4.69, 9.17) is 14.2 Å². The smallest absolute Gasteiger partial charge is 0.271 e. The Morgan fingerprint density at radius 1 is 1.18 bits per heavy atom. The molecule has 0 unspecified atom stereocenters. The van der Waals surface area contributed by atoms with Crippen LogP contribution in [0.3, 0.4) is 0 Å². The second-order valence-electron chi connectivity index (χ2n) is 6.13. The minimum atomic E-state index is -0.266. The SMILES string of the molecule is COCCNC(=O)c1cc2n(n1)CCN(C(=O)c1ccc(OC)nc1OC)C2. The monoisotopic (exact) mass is 389 g/mol. The first-order valence-corrected chi connectivity index (χ1v) is 8.79. The molecule has 2 aromatic heterocycles. The fraction of sp³-hybridized carbons (Fsp3) is 0.444. The number of aromatic nitrogens is 3. The van der Waals surface area contributed by atoms with E-state index in [1.54, 1.807) is 34.9 Å². The molecular weight excluding hydrogens is 366 g/mol. The molecule has 0 radical (unpaired) electrons. The van der Waals surface area contributed by atoms with Gasteiger partial charge < -0.3 is 24.4 Å². The van der Waals surface area contributed by atoms with Gasteiger partial charge in [0.1, 0.15) is 5.56 Å². The molecule has 0 bridgehead atoms. The number of nitrogens with zero attached hydrogens (tertiary/aromatic N) is 4. The van der Waals surface area contributed by atoms with E-state index >= 15 is 0 Å². The van der Waals surface area contributed by atoms with E-state index in [0.717, 1.165) is 5.69 Å². The van der Waals surface area contributed by atoms with Crippen LogP contribution < -0.4 is 14.8 Å². The molecule has 10 nitrogen and oxygen atoms in total. The molecule has 2 amide bonds.